The van der Waals surface area contributed by atoms with Crippen LogP contribution < -0.4 is 16.0 Å². The molecule has 6 nitrogen and oxygen atoms in total. The molecule has 2 amide bonds. The lowest BCUT2D eigenvalue weighted by molar-refractivity contribution is -0.114. The molecular formula is C19H21Cl2N3O3. The van der Waals surface area contributed by atoms with Crippen LogP contribution in [0.5, 0.6) is 0 Å². The smallest absolute Gasteiger partial charge is 0.251 e. The summed E-state index contributed by atoms with van der Waals surface area (Å²) in [6, 6.07) is 11.7. The Hall–Kier alpha value is -2.28. The highest BCUT2D eigenvalue weighted by Crippen LogP contribution is 2.25. The largest absolute Gasteiger partial charge is 0.385 e. The molecule has 0 heterocycles. The predicted octanol–water partition coefficient (Wildman–Crippen LogP) is 3.81. The summed E-state index contributed by atoms with van der Waals surface area (Å²) < 4.78 is 4.94. The Morgan fingerprint density at radius 3 is 2.70 bits per heavy atom. The van der Waals surface area contributed by atoms with E-state index in [0.29, 0.717) is 40.1 Å². The molecule has 0 bridgehead atoms. The Labute approximate surface area is 168 Å². The topological polar surface area (TPSA) is 79.5 Å². The molecule has 0 saturated heterocycles. The minimum atomic E-state index is -0.274. The van der Waals surface area contributed by atoms with E-state index in [1.807, 2.05) is 0 Å². The van der Waals surface area contributed by atoms with E-state index in [0.717, 1.165) is 6.42 Å². The second kappa shape index (κ2) is 10.8. The van der Waals surface area contributed by atoms with Gasteiger partial charge in [-0.2, -0.15) is 0 Å². The van der Waals surface area contributed by atoms with Crippen LogP contribution in [0.4, 0.5) is 11.4 Å². The Bertz CT molecular complexity index is 800. The first kappa shape index (κ1) is 21.0. The van der Waals surface area contributed by atoms with Crippen LogP contribution in [0.2, 0.25) is 10.0 Å². The van der Waals surface area contributed by atoms with Crippen LogP contribution in [0.3, 0.4) is 0 Å². The number of rotatable bonds is 9. The van der Waals surface area contributed by atoms with Crippen molar-refractivity contribution in [3.63, 3.8) is 0 Å². The monoisotopic (exact) mass is 409 g/mol. The van der Waals surface area contributed by atoms with Crippen LogP contribution in [0.1, 0.15) is 16.8 Å². The molecule has 0 aliphatic carbocycles. The summed E-state index contributed by atoms with van der Waals surface area (Å²) in [5.74, 6) is -0.477. The van der Waals surface area contributed by atoms with Gasteiger partial charge in [-0.05, 0) is 42.8 Å². The molecule has 0 atom stereocenters. The molecule has 8 heteroatoms. The molecule has 0 aliphatic heterocycles. The Morgan fingerprint density at radius 2 is 1.93 bits per heavy atom. The Morgan fingerprint density at radius 1 is 1.11 bits per heavy atom. The standard InChI is InChI=1S/C19H21Cl2N3O3/c1-27-9-3-8-22-19(26)13-4-2-5-15(10-13)24-18(25)12-23-17-11-14(20)6-7-16(17)21/h2,4-7,10-11,23H,3,8-9,12H2,1H3,(H,22,26)(H,24,25). The van der Waals surface area contributed by atoms with Crippen LogP contribution in [0.15, 0.2) is 42.5 Å². The summed E-state index contributed by atoms with van der Waals surface area (Å²) in [5, 5.41) is 9.46. The van der Waals surface area contributed by atoms with Crippen molar-refractivity contribution in [3.8, 4) is 0 Å². The molecular weight excluding hydrogens is 389 g/mol. The van der Waals surface area contributed by atoms with Crippen LogP contribution in [0.25, 0.3) is 0 Å². The predicted molar refractivity (Wildman–Crippen MR) is 109 cm³/mol. The zero-order valence-electron chi connectivity index (χ0n) is 14.9. The number of ether oxygens (including phenoxy) is 1. The lowest BCUT2D eigenvalue weighted by Crippen LogP contribution is -2.25. The maximum Gasteiger partial charge on any atom is 0.251 e. The van der Waals surface area contributed by atoms with Gasteiger partial charge in [0.2, 0.25) is 5.91 Å². The summed E-state index contributed by atoms with van der Waals surface area (Å²) in [6.45, 7) is 1.11. The van der Waals surface area contributed by atoms with E-state index in [-0.39, 0.29) is 18.4 Å². The highest BCUT2D eigenvalue weighted by atomic mass is 35.5. The maximum absolute atomic E-state index is 12.1. The molecule has 0 saturated carbocycles. The molecule has 0 aromatic heterocycles. The van der Waals surface area contributed by atoms with E-state index in [1.165, 1.54) is 0 Å². The molecule has 2 rings (SSSR count). The SMILES string of the molecule is COCCCNC(=O)c1cccc(NC(=O)CNc2cc(Cl)ccc2Cl)c1. The number of hydrogen-bond acceptors (Lipinski definition) is 4. The third kappa shape index (κ3) is 7.09. The number of nitrogens with one attached hydrogen (secondary N) is 3. The Balaban J connectivity index is 1.88. The average molecular weight is 410 g/mol. The van der Waals surface area contributed by atoms with E-state index < -0.39 is 0 Å². The first-order valence-electron chi connectivity index (χ1n) is 8.35. The lowest BCUT2D eigenvalue weighted by Gasteiger charge is -2.10. The van der Waals surface area contributed by atoms with Gasteiger partial charge in [-0.15, -0.1) is 0 Å². The second-order valence-electron chi connectivity index (χ2n) is 5.71. The molecule has 0 fully saturated rings. The average Bonchev–Trinajstić information content (AvgIpc) is 2.66. The van der Waals surface area contributed by atoms with E-state index >= 15 is 0 Å². The van der Waals surface area contributed by atoms with Gasteiger partial charge in [-0.25, -0.2) is 0 Å². The minimum absolute atomic E-state index is 0.00744. The van der Waals surface area contributed by atoms with Crippen molar-refractivity contribution < 1.29 is 14.3 Å². The quantitative estimate of drug-likeness (QED) is 0.550. The lowest BCUT2D eigenvalue weighted by atomic mass is 10.2. The number of methoxy groups -OCH3 is 1. The van der Waals surface area contributed by atoms with Gasteiger partial charge < -0.3 is 20.7 Å². The zero-order valence-corrected chi connectivity index (χ0v) is 16.4. The molecule has 3 N–H and O–H groups in total. The van der Waals surface area contributed by atoms with Crippen LogP contribution in [-0.4, -0.2) is 38.6 Å². The van der Waals surface area contributed by atoms with Crippen molar-refractivity contribution in [1.29, 1.82) is 0 Å². The minimum Gasteiger partial charge on any atom is -0.385 e. The first-order valence-corrected chi connectivity index (χ1v) is 9.11. The molecule has 2 aromatic carbocycles. The number of carbonyl (C=O) groups is 2. The molecule has 0 spiro atoms. The third-order valence-corrected chi connectivity index (χ3v) is 4.15. The van der Waals surface area contributed by atoms with Crippen molar-refractivity contribution in [1.82, 2.24) is 5.32 Å². The van der Waals surface area contributed by atoms with Gasteiger partial charge in [0.25, 0.3) is 5.91 Å². The summed E-state index contributed by atoms with van der Waals surface area (Å²) >= 11 is 12.0. The summed E-state index contributed by atoms with van der Waals surface area (Å²) in [4.78, 5) is 24.3. The number of halogens is 2. The van der Waals surface area contributed by atoms with Gasteiger partial charge in [0.15, 0.2) is 0 Å². The summed E-state index contributed by atoms with van der Waals surface area (Å²) in [5.41, 5.74) is 1.57. The van der Waals surface area contributed by atoms with Gasteiger partial charge in [-0.3, -0.25) is 9.59 Å². The highest BCUT2D eigenvalue weighted by Gasteiger charge is 2.09. The van der Waals surface area contributed by atoms with Crippen molar-refractivity contribution >= 4 is 46.4 Å². The highest BCUT2D eigenvalue weighted by molar-refractivity contribution is 6.35. The first-order chi connectivity index (χ1) is 13.0. The van der Waals surface area contributed by atoms with E-state index in [2.05, 4.69) is 16.0 Å². The Kier molecular flexibility index (Phi) is 8.39. The third-order valence-electron chi connectivity index (χ3n) is 3.59. The molecule has 2 aromatic rings. The van der Waals surface area contributed by atoms with Crippen LogP contribution in [-0.2, 0) is 9.53 Å². The number of anilines is 2. The van der Waals surface area contributed by atoms with Gasteiger partial charge in [0.1, 0.15) is 0 Å². The summed E-state index contributed by atoms with van der Waals surface area (Å²) in [6.07, 6.45) is 0.733. The maximum atomic E-state index is 12.1. The van der Waals surface area contributed by atoms with E-state index in [4.69, 9.17) is 27.9 Å². The number of benzene rings is 2. The van der Waals surface area contributed by atoms with Crippen molar-refractivity contribution in [2.75, 3.05) is 37.4 Å². The van der Waals surface area contributed by atoms with E-state index in [1.54, 1.807) is 49.6 Å². The molecule has 0 radical (unpaired) electrons. The van der Waals surface area contributed by atoms with Gasteiger partial charge >= 0.3 is 0 Å². The molecule has 27 heavy (non-hydrogen) atoms. The second-order valence-corrected chi connectivity index (χ2v) is 6.55. The fraction of sp³-hybridized carbons (Fsp3) is 0.263. The zero-order chi connectivity index (χ0) is 19.6. The molecule has 144 valence electrons. The van der Waals surface area contributed by atoms with Gasteiger partial charge in [-0.1, -0.05) is 29.3 Å². The summed E-state index contributed by atoms with van der Waals surface area (Å²) in [7, 11) is 1.61. The molecule has 0 unspecified atom stereocenters. The fourth-order valence-corrected chi connectivity index (χ4v) is 2.63. The number of amides is 2. The van der Waals surface area contributed by atoms with Crippen LogP contribution in [0, 0.1) is 0 Å². The van der Waals surface area contributed by atoms with E-state index in [9.17, 15) is 9.59 Å². The van der Waals surface area contributed by atoms with Gasteiger partial charge in [0.05, 0.1) is 17.3 Å². The van der Waals surface area contributed by atoms with Crippen molar-refractivity contribution in [2.24, 2.45) is 0 Å². The van der Waals surface area contributed by atoms with Gasteiger partial charge in [0, 0.05) is 36.5 Å². The molecule has 0 aliphatic rings. The van der Waals surface area contributed by atoms with Crippen LogP contribution >= 0.6 is 23.2 Å². The normalized spacial score (nSPS) is 10.3. The fourth-order valence-electron chi connectivity index (χ4n) is 2.27. The number of hydrogen-bond donors (Lipinski definition) is 3. The van der Waals surface area contributed by atoms with Crippen molar-refractivity contribution in [3.05, 3.63) is 58.1 Å². The van der Waals surface area contributed by atoms with Crippen molar-refractivity contribution in [2.45, 2.75) is 6.42 Å². The number of carbonyl (C=O) groups excluding carboxylic acids is 2.